The van der Waals surface area contributed by atoms with Gasteiger partial charge in [0.25, 0.3) is 0 Å². The van der Waals surface area contributed by atoms with Gasteiger partial charge in [0.05, 0.1) is 0 Å². The first kappa shape index (κ1) is 13.0. The summed E-state index contributed by atoms with van der Waals surface area (Å²) in [5, 5.41) is 2.94. The third-order valence-corrected chi connectivity index (χ3v) is 2.82. The Hall–Kier alpha value is -3.03. The van der Waals surface area contributed by atoms with Crippen molar-refractivity contribution in [1.29, 1.82) is 0 Å². The number of imidazole rings is 1. The van der Waals surface area contributed by atoms with Gasteiger partial charge in [-0.3, -0.25) is 4.57 Å². The molecule has 0 unspecified atom stereocenters. The van der Waals surface area contributed by atoms with E-state index in [0.717, 1.165) is 5.56 Å². The summed E-state index contributed by atoms with van der Waals surface area (Å²) in [5.41, 5.74) is 7.10. The van der Waals surface area contributed by atoms with Crippen LogP contribution in [0, 0.1) is 12.7 Å². The van der Waals surface area contributed by atoms with Crippen LogP contribution in [0.5, 0.6) is 0 Å². The summed E-state index contributed by atoms with van der Waals surface area (Å²) < 4.78 is 14.9. The van der Waals surface area contributed by atoms with E-state index in [1.54, 1.807) is 29.4 Å². The van der Waals surface area contributed by atoms with E-state index >= 15 is 0 Å². The lowest BCUT2D eigenvalue weighted by Gasteiger charge is -2.09. The topological polar surface area (TPSA) is 94.5 Å². The predicted molar refractivity (Wildman–Crippen MR) is 75.8 cm³/mol. The van der Waals surface area contributed by atoms with Crippen molar-refractivity contribution in [3.8, 4) is 5.95 Å². The highest BCUT2D eigenvalue weighted by atomic mass is 19.1. The van der Waals surface area contributed by atoms with Gasteiger partial charge in [-0.15, -0.1) is 0 Å². The number of halogens is 1. The molecule has 0 aliphatic rings. The summed E-state index contributed by atoms with van der Waals surface area (Å²) in [6, 6.07) is 4.42. The summed E-state index contributed by atoms with van der Waals surface area (Å²) in [6.45, 7) is 1.85. The first-order chi connectivity index (χ1) is 10.1. The minimum absolute atomic E-state index is 0.0604. The Morgan fingerprint density at radius 1 is 1.24 bits per heavy atom. The second-order valence-electron chi connectivity index (χ2n) is 4.37. The van der Waals surface area contributed by atoms with Crippen LogP contribution in [-0.2, 0) is 0 Å². The smallest absolute Gasteiger partial charge is 0.241 e. The maximum Gasteiger partial charge on any atom is 0.241 e. The standard InChI is InChI=1S/C13H12FN7/c1-8-2-3-9(14)6-10(8)17-12-18-11(15)19-13(20-12)21-5-4-16-7-21/h2-7H,1H3,(H3,15,17,18,19,20). The second kappa shape index (κ2) is 5.16. The van der Waals surface area contributed by atoms with Crippen LogP contribution in [0.2, 0.25) is 0 Å². The Bertz CT molecular complexity index is 770. The van der Waals surface area contributed by atoms with Crippen LogP contribution in [0.25, 0.3) is 5.95 Å². The number of nitrogens with one attached hydrogen (secondary N) is 1. The van der Waals surface area contributed by atoms with Gasteiger partial charge in [-0.1, -0.05) is 6.07 Å². The first-order valence-electron chi connectivity index (χ1n) is 6.15. The SMILES string of the molecule is Cc1ccc(F)cc1Nc1nc(N)nc(-n2ccnc2)n1. The van der Waals surface area contributed by atoms with E-state index in [0.29, 0.717) is 11.6 Å². The molecule has 106 valence electrons. The summed E-state index contributed by atoms with van der Waals surface area (Å²) in [7, 11) is 0. The van der Waals surface area contributed by atoms with Crippen molar-refractivity contribution in [2.24, 2.45) is 0 Å². The molecule has 2 aromatic heterocycles. The number of nitrogen functional groups attached to an aromatic ring is 1. The molecule has 3 aromatic rings. The highest BCUT2D eigenvalue weighted by Gasteiger charge is 2.08. The monoisotopic (exact) mass is 285 g/mol. The molecule has 3 N–H and O–H groups in total. The highest BCUT2D eigenvalue weighted by molar-refractivity contribution is 5.58. The van der Waals surface area contributed by atoms with Crippen molar-refractivity contribution in [3.05, 3.63) is 48.3 Å². The van der Waals surface area contributed by atoms with Crippen LogP contribution in [0.1, 0.15) is 5.56 Å². The predicted octanol–water partition coefficient (Wildman–Crippen LogP) is 1.83. The minimum Gasteiger partial charge on any atom is -0.368 e. The van der Waals surface area contributed by atoms with E-state index in [2.05, 4.69) is 25.3 Å². The number of aromatic nitrogens is 5. The van der Waals surface area contributed by atoms with Crippen LogP contribution in [0.4, 0.5) is 22.0 Å². The maximum atomic E-state index is 13.3. The average Bonchev–Trinajstić information content (AvgIpc) is 2.96. The molecule has 0 bridgehead atoms. The van der Waals surface area contributed by atoms with Crippen molar-refractivity contribution in [3.63, 3.8) is 0 Å². The lowest BCUT2D eigenvalue weighted by atomic mass is 10.2. The summed E-state index contributed by atoms with van der Waals surface area (Å²) in [5.74, 6) is 0.279. The van der Waals surface area contributed by atoms with Gasteiger partial charge in [-0.05, 0) is 24.6 Å². The molecule has 7 nitrogen and oxygen atoms in total. The van der Waals surface area contributed by atoms with E-state index in [9.17, 15) is 4.39 Å². The van der Waals surface area contributed by atoms with Gasteiger partial charge in [0.2, 0.25) is 17.8 Å². The summed E-state index contributed by atoms with van der Waals surface area (Å²) >= 11 is 0. The lowest BCUT2D eigenvalue weighted by Crippen LogP contribution is -2.08. The maximum absolute atomic E-state index is 13.3. The molecule has 0 amide bonds. The zero-order chi connectivity index (χ0) is 14.8. The van der Waals surface area contributed by atoms with Gasteiger partial charge in [-0.2, -0.15) is 15.0 Å². The number of benzene rings is 1. The van der Waals surface area contributed by atoms with Gasteiger partial charge >= 0.3 is 0 Å². The van der Waals surface area contributed by atoms with E-state index in [1.807, 2.05) is 6.92 Å². The lowest BCUT2D eigenvalue weighted by molar-refractivity contribution is 0.628. The second-order valence-corrected chi connectivity index (χ2v) is 4.37. The van der Waals surface area contributed by atoms with Crippen molar-refractivity contribution in [1.82, 2.24) is 24.5 Å². The van der Waals surface area contributed by atoms with Gasteiger partial charge in [-0.25, -0.2) is 9.37 Å². The van der Waals surface area contributed by atoms with Crippen LogP contribution in [0.15, 0.2) is 36.9 Å². The zero-order valence-electron chi connectivity index (χ0n) is 11.2. The van der Waals surface area contributed by atoms with Gasteiger partial charge in [0, 0.05) is 18.1 Å². The molecule has 2 heterocycles. The fourth-order valence-corrected chi connectivity index (χ4v) is 1.78. The Morgan fingerprint density at radius 3 is 2.86 bits per heavy atom. The number of nitrogens with zero attached hydrogens (tertiary/aromatic N) is 5. The molecule has 3 rings (SSSR count). The molecule has 0 aliphatic carbocycles. The van der Waals surface area contributed by atoms with E-state index in [-0.39, 0.29) is 17.7 Å². The van der Waals surface area contributed by atoms with Crippen LogP contribution in [-0.4, -0.2) is 24.5 Å². The van der Waals surface area contributed by atoms with Crippen LogP contribution >= 0.6 is 0 Å². The summed E-state index contributed by atoms with van der Waals surface area (Å²) in [4.78, 5) is 16.2. The molecule has 0 radical (unpaired) electrons. The minimum atomic E-state index is -0.347. The normalized spacial score (nSPS) is 10.6. The molecule has 1 aromatic carbocycles. The quantitative estimate of drug-likeness (QED) is 0.762. The number of rotatable bonds is 3. The molecule has 0 fully saturated rings. The first-order valence-corrected chi connectivity index (χ1v) is 6.15. The highest BCUT2D eigenvalue weighted by Crippen LogP contribution is 2.20. The van der Waals surface area contributed by atoms with Crippen LogP contribution in [0.3, 0.4) is 0 Å². The van der Waals surface area contributed by atoms with Gasteiger partial charge in [0.15, 0.2) is 0 Å². The Kier molecular flexibility index (Phi) is 3.19. The van der Waals surface area contributed by atoms with Crippen molar-refractivity contribution < 1.29 is 4.39 Å². The van der Waals surface area contributed by atoms with Gasteiger partial charge in [0.1, 0.15) is 12.1 Å². The number of nitrogens with two attached hydrogens (primary N) is 1. The van der Waals surface area contributed by atoms with Crippen molar-refractivity contribution in [2.75, 3.05) is 11.1 Å². The Balaban J connectivity index is 1.97. The molecular weight excluding hydrogens is 273 g/mol. The van der Waals surface area contributed by atoms with Crippen molar-refractivity contribution in [2.45, 2.75) is 6.92 Å². The van der Waals surface area contributed by atoms with E-state index in [1.165, 1.54) is 12.1 Å². The molecule has 0 aliphatic heterocycles. The van der Waals surface area contributed by atoms with E-state index in [4.69, 9.17) is 5.73 Å². The molecule has 21 heavy (non-hydrogen) atoms. The van der Waals surface area contributed by atoms with Gasteiger partial charge < -0.3 is 11.1 Å². The molecule has 0 spiro atoms. The van der Waals surface area contributed by atoms with Crippen LogP contribution < -0.4 is 11.1 Å². The van der Waals surface area contributed by atoms with Crippen molar-refractivity contribution >= 4 is 17.6 Å². The molecule has 0 atom stereocenters. The Morgan fingerprint density at radius 2 is 2.10 bits per heavy atom. The van der Waals surface area contributed by atoms with E-state index < -0.39 is 0 Å². The molecule has 0 saturated carbocycles. The summed E-state index contributed by atoms with van der Waals surface area (Å²) in [6.07, 6.45) is 4.84. The molecular formula is C13H12FN7. The molecule has 0 saturated heterocycles. The largest absolute Gasteiger partial charge is 0.368 e. The number of anilines is 3. The number of hydrogen-bond acceptors (Lipinski definition) is 6. The third kappa shape index (κ3) is 2.78. The third-order valence-electron chi connectivity index (χ3n) is 2.82. The number of aryl methyl sites for hydroxylation is 1. The average molecular weight is 285 g/mol. The molecule has 8 heteroatoms. The fraction of sp³-hybridized carbons (Fsp3) is 0.0769. The fourth-order valence-electron chi connectivity index (χ4n) is 1.78. The Labute approximate surface area is 119 Å². The zero-order valence-corrected chi connectivity index (χ0v) is 11.2. The number of hydrogen-bond donors (Lipinski definition) is 2.